The minimum absolute atomic E-state index is 0.309. The molecule has 0 atom stereocenters. The first-order chi connectivity index (χ1) is 6.87. The zero-order chi connectivity index (χ0) is 9.86. The van der Waals surface area contributed by atoms with Crippen molar-refractivity contribution in [3.05, 3.63) is 42.7 Å². The zero-order valence-electron chi connectivity index (χ0n) is 8.58. The van der Waals surface area contributed by atoms with Gasteiger partial charge >= 0.3 is 0 Å². The SMILES string of the molecule is C=CCC1(c2ccccn2)CCCC1. The highest BCUT2D eigenvalue weighted by molar-refractivity contribution is 5.20. The molecule has 0 spiro atoms. The smallest absolute Gasteiger partial charge is 0.0468 e. The molecule has 1 aliphatic rings. The van der Waals surface area contributed by atoms with Gasteiger partial charge in [0.05, 0.1) is 0 Å². The summed E-state index contributed by atoms with van der Waals surface area (Å²) >= 11 is 0. The van der Waals surface area contributed by atoms with Crippen LogP contribution in [-0.2, 0) is 5.41 Å². The molecule has 2 rings (SSSR count). The van der Waals surface area contributed by atoms with Crippen molar-refractivity contribution < 1.29 is 0 Å². The highest BCUT2D eigenvalue weighted by atomic mass is 14.7. The molecule has 1 heteroatoms. The van der Waals surface area contributed by atoms with E-state index in [1.165, 1.54) is 31.4 Å². The third-order valence-electron chi connectivity index (χ3n) is 3.30. The topological polar surface area (TPSA) is 12.9 Å². The second-order valence-electron chi connectivity index (χ2n) is 4.20. The average Bonchev–Trinajstić information content (AvgIpc) is 2.70. The fourth-order valence-corrected chi connectivity index (χ4v) is 2.57. The van der Waals surface area contributed by atoms with E-state index in [2.05, 4.69) is 23.7 Å². The quantitative estimate of drug-likeness (QED) is 0.660. The van der Waals surface area contributed by atoms with E-state index < -0.39 is 0 Å². The summed E-state index contributed by atoms with van der Waals surface area (Å²) in [6.45, 7) is 3.87. The van der Waals surface area contributed by atoms with E-state index in [4.69, 9.17) is 0 Å². The Hall–Kier alpha value is -1.11. The van der Waals surface area contributed by atoms with E-state index in [1.54, 1.807) is 0 Å². The molecule has 14 heavy (non-hydrogen) atoms. The lowest BCUT2D eigenvalue weighted by Gasteiger charge is -2.26. The zero-order valence-corrected chi connectivity index (χ0v) is 8.58. The van der Waals surface area contributed by atoms with Crippen molar-refractivity contribution in [3.63, 3.8) is 0 Å². The van der Waals surface area contributed by atoms with Gasteiger partial charge in [0.1, 0.15) is 0 Å². The molecule has 1 nitrogen and oxygen atoms in total. The predicted octanol–water partition coefficient (Wildman–Crippen LogP) is 3.47. The van der Waals surface area contributed by atoms with Crippen molar-refractivity contribution in [3.8, 4) is 0 Å². The van der Waals surface area contributed by atoms with E-state index in [9.17, 15) is 0 Å². The minimum atomic E-state index is 0.309. The Balaban J connectivity index is 2.31. The fraction of sp³-hybridized carbons (Fsp3) is 0.462. The lowest BCUT2D eigenvalue weighted by atomic mass is 9.79. The second kappa shape index (κ2) is 3.95. The highest BCUT2D eigenvalue weighted by Crippen LogP contribution is 2.42. The van der Waals surface area contributed by atoms with E-state index in [1.807, 2.05) is 18.3 Å². The standard InChI is InChI=1S/C13H17N/c1-2-8-13(9-4-5-10-13)12-7-3-6-11-14-12/h2-3,6-7,11H,1,4-5,8-10H2. The average molecular weight is 187 g/mol. The van der Waals surface area contributed by atoms with Gasteiger partial charge in [0.15, 0.2) is 0 Å². The van der Waals surface area contributed by atoms with Gasteiger partial charge < -0.3 is 0 Å². The first kappa shape index (κ1) is 9.45. The molecule has 1 fully saturated rings. The van der Waals surface area contributed by atoms with E-state index >= 15 is 0 Å². The maximum Gasteiger partial charge on any atom is 0.0468 e. The van der Waals surface area contributed by atoms with Gasteiger partial charge in [0.2, 0.25) is 0 Å². The molecular weight excluding hydrogens is 170 g/mol. The molecule has 74 valence electrons. The summed E-state index contributed by atoms with van der Waals surface area (Å²) in [5.74, 6) is 0. The molecule has 0 unspecified atom stereocenters. The Morgan fingerprint density at radius 3 is 2.71 bits per heavy atom. The van der Waals surface area contributed by atoms with Crippen molar-refractivity contribution in [2.75, 3.05) is 0 Å². The number of allylic oxidation sites excluding steroid dienone is 1. The predicted molar refractivity (Wildman–Crippen MR) is 59.2 cm³/mol. The van der Waals surface area contributed by atoms with Crippen LogP contribution in [0.5, 0.6) is 0 Å². The Labute approximate surface area is 85.9 Å². The maximum atomic E-state index is 4.50. The Kier molecular flexibility index (Phi) is 2.67. The molecule has 0 radical (unpaired) electrons. The lowest BCUT2D eigenvalue weighted by molar-refractivity contribution is 0.433. The molecular formula is C13H17N. The largest absolute Gasteiger partial charge is 0.261 e. The molecule has 0 amide bonds. The van der Waals surface area contributed by atoms with Crippen LogP contribution in [0, 0.1) is 0 Å². The molecule has 0 aromatic carbocycles. The Bertz CT molecular complexity index is 296. The summed E-state index contributed by atoms with van der Waals surface area (Å²) in [6.07, 6.45) is 10.2. The van der Waals surface area contributed by atoms with Crippen molar-refractivity contribution in [2.24, 2.45) is 0 Å². The van der Waals surface area contributed by atoms with Gasteiger partial charge in [-0.05, 0) is 31.4 Å². The third kappa shape index (κ3) is 1.59. The van der Waals surface area contributed by atoms with Crippen LogP contribution in [0.15, 0.2) is 37.1 Å². The van der Waals surface area contributed by atoms with Gasteiger partial charge in [-0.1, -0.05) is 25.0 Å². The van der Waals surface area contributed by atoms with Gasteiger partial charge in [0.25, 0.3) is 0 Å². The number of pyridine rings is 1. The summed E-state index contributed by atoms with van der Waals surface area (Å²) in [7, 11) is 0. The fourth-order valence-electron chi connectivity index (χ4n) is 2.57. The van der Waals surface area contributed by atoms with E-state index in [-0.39, 0.29) is 0 Å². The molecule has 1 saturated carbocycles. The van der Waals surface area contributed by atoms with Crippen LogP contribution < -0.4 is 0 Å². The van der Waals surface area contributed by atoms with Gasteiger partial charge in [0, 0.05) is 17.3 Å². The van der Waals surface area contributed by atoms with Gasteiger partial charge in [-0.3, -0.25) is 4.98 Å². The molecule has 0 aliphatic heterocycles. The maximum absolute atomic E-state index is 4.50. The van der Waals surface area contributed by atoms with Crippen molar-refractivity contribution in [1.29, 1.82) is 0 Å². The number of hydrogen-bond donors (Lipinski definition) is 0. The summed E-state index contributed by atoms with van der Waals surface area (Å²) in [4.78, 5) is 4.50. The second-order valence-corrected chi connectivity index (χ2v) is 4.20. The van der Waals surface area contributed by atoms with Crippen LogP contribution in [0.3, 0.4) is 0 Å². The molecule has 0 N–H and O–H groups in total. The summed E-state index contributed by atoms with van der Waals surface area (Å²) < 4.78 is 0. The third-order valence-corrected chi connectivity index (χ3v) is 3.30. The molecule has 0 bridgehead atoms. The van der Waals surface area contributed by atoms with Crippen LogP contribution in [0.4, 0.5) is 0 Å². The van der Waals surface area contributed by atoms with Crippen LogP contribution in [0.25, 0.3) is 0 Å². The monoisotopic (exact) mass is 187 g/mol. The molecule has 1 aromatic heterocycles. The first-order valence-electron chi connectivity index (χ1n) is 5.40. The van der Waals surface area contributed by atoms with Crippen molar-refractivity contribution in [2.45, 2.75) is 37.5 Å². The Morgan fingerprint density at radius 1 is 1.36 bits per heavy atom. The van der Waals surface area contributed by atoms with Crippen molar-refractivity contribution in [1.82, 2.24) is 4.98 Å². The highest BCUT2D eigenvalue weighted by Gasteiger charge is 2.35. The summed E-state index contributed by atoms with van der Waals surface area (Å²) in [6, 6.07) is 6.24. The molecule has 1 aromatic rings. The molecule has 1 heterocycles. The van der Waals surface area contributed by atoms with Crippen LogP contribution in [0.2, 0.25) is 0 Å². The molecule has 1 aliphatic carbocycles. The van der Waals surface area contributed by atoms with Crippen LogP contribution >= 0.6 is 0 Å². The first-order valence-corrected chi connectivity index (χ1v) is 5.40. The van der Waals surface area contributed by atoms with E-state index in [0.717, 1.165) is 6.42 Å². The number of aromatic nitrogens is 1. The van der Waals surface area contributed by atoms with Gasteiger partial charge in [-0.15, -0.1) is 6.58 Å². The van der Waals surface area contributed by atoms with E-state index in [0.29, 0.717) is 5.41 Å². The Morgan fingerprint density at radius 2 is 2.14 bits per heavy atom. The van der Waals surface area contributed by atoms with Crippen LogP contribution in [0.1, 0.15) is 37.8 Å². The number of nitrogens with zero attached hydrogens (tertiary/aromatic N) is 1. The summed E-state index contributed by atoms with van der Waals surface area (Å²) in [5, 5.41) is 0. The minimum Gasteiger partial charge on any atom is -0.261 e. The summed E-state index contributed by atoms with van der Waals surface area (Å²) in [5.41, 5.74) is 1.57. The van der Waals surface area contributed by atoms with Gasteiger partial charge in [-0.25, -0.2) is 0 Å². The lowest BCUT2D eigenvalue weighted by Crippen LogP contribution is -2.22. The normalized spacial score (nSPS) is 19.4. The van der Waals surface area contributed by atoms with Gasteiger partial charge in [-0.2, -0.15) is 0 Å². The molecule has 0 saturated heterocycles. The number of hydrogen-bond acceptors (Lipinski definition) is 1. The van der Waals surface area contributed by atoms with Crippen LogP contribution in [-0.4, -0.2) is 4.98 Å². The van der Waals surface area contributed by atoms with Crippen molar-refractivity contribution >= 4 is 0 Å². The number of rotatable bonds is 3.